The number of aromatic nitrogens is 4. The number of anilines is 1. The van der Waals surface area contributed by atoms with Gasteiger partial charge in [0.2, 0.25) is 0 Å². The third-order valence-electron chi connectivity index (χ3n) is 4.17. The highest BCUT2D eigenvalue weighted by Gasteiger charge is 2.11. The number of nitrogens with one attached hydrogen (secondary N) is 1. The smallest absolute Gasteiger partial charge is 0.260 e. The van der Waals surface area contributed by atoms with Crippen LogP contribution in [0, 0.1) is 10.1 Å². The Kier molecular flexibility index (Phi) is 4.47. The maximum Gasteiger partial charge on any atom is 0.270 e. The van der Waals surface area contributed by atoms with Crippen LogP contribution in [0.1, 0.15) is 12.5 Å². The Balaban J connectivity index is 1.65. The SMILES string of the molecule is C/C(=N\Nc1ncnc2c1cnn2-c1ccccc1)c1cccc([N+](=O)[O-])c1. The van der Waals surface area contributed by atoms with Crippen LogP contribution in [-0.4, -0.2) is 30.4 Å². The van der Waals surface area contributed by atoms with Crippen molar-refractivity contribution in [2.75, 3.05) is 5.43 Å². The number of nitrogens with zero attached hydrogens (tertiary/aromatic N) is 6. The highest BCUT2D eigenvalue weighted by molar-refractivity contribution is 6.00. The molecule has 0 atom stereocenters. The van der Waals surface area contributed by atoms with Gasteiger partial charge in [-0.3, -0.25) is 15.5 Å². The first-order valence-corrected chi connectivity index (χ1v) is 8.43. The molecule has 0 radical (unpaired) electrons. The summed E-state index contributed by atoms with van der Waals surface area (Å²) in [5.74, 6) is 0.497. The van der Waals surface area contributed by atoms with E-state index in [0.717, 1.165) is 5.69 Å². The minimum absolute atomic E-state index is 0.0145. The zero-order valence-corrected chi connectivity index (χ0v) is 14.9. The summed E-state index contributed by atoms with van der Waals surface area (Å²) in [6.45, 7) is 1.76. The molecule has 0 fully saturated rings. The Hall–Kier alpha value is -4.14. The first-order chi connectivity index (χ1) is 13.6. The fourth-order valence-corrected chi connectivity index (χ4v) is 2.74. The van der Waals surface area contributed by atoms with E-state index >= 15 is 0 Å². The number of benzene rings is 2. The number of para-hydroxylation sites is 1. The molecule has 0 aliphatic rings. The van der Waals surface area contributed by atoms with Gasteiger partial charge in [-0.05, 0) is 19.1 Å². The van der Waals surface area contributed by atoms with Crippen LogP contribution in [0.4, 0.5) is 11.5 Å². The maximum atomic E-state index is 10.9. The average Bonchev–Trinajstić information content (AvgIpc) is 3.17. The van der Waals surface area contributed by atoms with Gasteiger partial charge in [0.25, 0.3) is 5.69 Å². The van der Waals surface area contributed by atoms with Gasteiger partial charge in [0.05, 0.1) is 27.9 Å². The zero-order valence-electron chi connectivity index (χ0n) is 14.9. The molecule has 28 heavy (non-hydrogen) atoms. The van der Waals surface area contributed by atoms with E-state index in [-0.39, 0.29) is 5.69 Å². The van der Waals surface area contributed by atoms with Crippen molar-refractivity contribution in [1.82, 2.24) is 19.7 Å². The van der Waals surface area contributed by atoms with Crippen LogP contribution in [0.3, 0.4) is 0 Å². The number of hydrazone groups is 1. The number of hydrogen-bond acceptors (Lipinski definition) is 7. The van der Waals surface area contributed by atoms with Crippen molar-refractivity contribution in [3.8, 4) is 5.69 Å². The molecule has 1 N–H and O–H groups in total. The van der Waals surface area contributed by atoms with Crippen molar-refractivity contribution in [3.63, 3.8) is 0 Å². The lowest BCUT2D eigenvalue weighted by Crippen LogP contribution is -2.03. The summed E-state index contributed by atoms with van der Waals surface area (Å²) in [7, 11) is 0. The summed E-state index contributed by atoms with van der Waals surface area (Å²) in [5, 5.41) is 20.4. The quantitative estimate of drug-likeness (QED) is 0.325. The molecule has 0 saturated heterocycles. The van der Waals surface area contributed by atoms with Crippen LogP contribution in [0.2, 0.25) is 0 Å². The second-order valence-corrected chi connectivity index (χ2v) is 5.97. The molecule has 2 heterocycles. The summed E-state index contributed by atoms with van der Waals surface area (Å²) in [6.07, 6.45) is 3.10. The third kappa shape index (κ3) is 3.28. The van der Waals surface area contributed by atoms with E-state index in [1.807, 2.05) is 30.3 Å². The van der Waals surface area contributed by atoms with Crippen LogP contribution in [-0.2, 0) is 0 Å². The van der Waals surface area contributed by atoms with E-state index < -0.39 is 4.92 Å². The maximum absolute atomic E-state index is 10.9. The predicted molar refractivity (Wildman–Crippen MR) is 106 cm³/mol. The van der Waals surface area contributed by atoms with Crippen molar-refractivity contribution in [1.29, 1.82) is 0 Å². The fourth-order valence-electron chi connectivity index (χ4n) is 2.74. The van der Waals surface area contributed by atoms with Gasteiger partial charge in [-0.1, -0.05) is 30.3 Å². The number of hydrogen-bond donors (Lipinski definition) is 1. The second-order valence-electron chi connectivity index (χ2n) is 5.97. The van der Waals surface area contributed by atoms with Gasteiger partial charge >= 0.3 is 0 Å². The minimum Gasteiger partial charge on any atom is -0.260 e. The predicted octanol–water partition coefficient (Wildman–Crippen LogP) is 3.56. The van der Waals surface area contributed by atoms with Crippen molar-refractivity contribution in [2.45, 2.75) is 6.92 Å². The molecule has 2 aromatic carbocycles. The van der Waals surface area contributed by atoms with Crippen LogP contribution in [0.5, 0.6) is 0 Å². The van der Waals surface area contributed by atoms with Crippen molar-refractivity contribution in [2.24, 2.45) is 5.10 Å². The largest absolute Gasteiger partial charge is 0.270 e. The van der Waals surface area contributed by atoms with Crippen LogP contribution in [0.25, 0.3) is 16.7 Å². The molecule has 4 rings (SSSR count). The third-order valence-corrected chi connectivity index (χ3v) is 4.17. The molecule has 9 nitrogen and oxygen atoms in total. The van der Waals surface area contributed by atoms with Crippen LogP contribution < -0.4 is 5.43 Å². The fraction of sp³-hybridized carbons (Fsp3) is 0.0526. The topological polar surface area (TPSA) is 111 Å². The Morgan fingerprint density at radius 3 is 2.75 bits per heavy atom. The Bertz CT molecular complexity index is 1190. The van der Waals surface area contributed by atoms with Crippen molar-refractivity contribution in [3.05, 3.63) is 82.8 Å². The van der Waals surface area contributed by atoms with E-state index in [9.17, 15) is 10.1 Å². The average molecular weight is 373 g/mol. The number of non-ortho nitro benzene ring substituents is 1. The standard InChI is InChI=1S/C19H15N7O2/c1-13(14-6-5-9-16(10-14)26(27)28)23-24-18-17-11-22-25(19(17)21-12-20-18)15-7-3-2-4-8-15/h2-12H,1H3,(H,20,21,24)/b23-13+. The highest BCUT2D eigenvalue weighted by Crippen LogP contribution is 2.22. The van der Waals surface area contributed by atoms with Gasteiger partial charge in [0.1, 0.15) is 6.33 Å². The Morgan fingerprint density at radius 2 is 1.96 bits per heavy atom. The first kappa shape index (κ1) is 17.3. The Morgan fingerprint density at radius 1 is 1.14 bits per heavy atom. The van der Waals surface area contributed by atoms with Gasteiger partial charge in [-0.2, -0.15) is 10.2 Å². The van der Waals surface area contributed by atoms with Gasteiger partial charge in [-0.25, -0.2) is 14.6 Å². The molecular weight excluding hydrogens is 358 g/mol. The molecule has 4 aromatic rings. The lowest BCUT2D eigenvalue weighted by atomic mass is 10.1. The van der Waals surface area contributed by atoms with Crippen LogP contribution >= 0.6 is 0 Å². The number of fused-ring (bicyclic) bond motifs is 1. The zero-order chi connectivity index (χ0) is 19.5. The molecule has 2 aromatic heterocycles. The normalized spacial score (nSPS) is 11.5. The number of nitro benzene ring substituents is 1. The Labute approximate surface area is 159 Å². The summed E-state index contributed by atoms with van der Waals surface area (Å²) in [5.41, 5.74) is 5.69. The molecule has 0 spiro atoms. The molecule has 0 aliphatic heterocycles. The number of rotatable bonds is 5. The van der Waals surface area contributed by atoms with Gasteiger partial charge in [0.15, 0.2) is 11.5 Å². The van der Waals surface area contributed by atoms with E-state index in [4.69, 9.17) is 0 Å². The van der Waals surface area contributed by atoms with E-state index in [1.54, 1.807) is 29.9 Å². The monoisotopic (exact) mass is 373 g/mol. The van der Waals surface area contributed by atoms with Crippen molar-refractivity contribution < 1.29 is 4.92 Å². The highest BCUT2D eigenvalue weighted by atomic mass is 16.6. The molecule has 0 amide bonds. The van der Waals surface area contributed by atoms with Gasteiger partial charge in [0, 0.05) is 17.7 Å². The van der Waals surface area contributed by atoms with E-state index in [1.165, 1.54) is 18.5 Å². The minimum atomic E-state index is -0.434. The second kappa shape index (κ2) is 7.23. The summed E-state index contributed by atoms with van der Waals surface area (Å²) >= 11 is 0. The first-order valence-electron chi connectivity index (χ1n) is 8.43. The molecule has 0 unspecified atom stereocenters. The lowest BCUT2D eigenvalue weighted by molar-refractivity contribution is -0.384. The molecule has 0 bridgehead atoms. The summed E-state index contributed by atoms with van der Waals surface area (Å²) in [6, 6.07) is 16.0. The molecular formula is C19H15N7O2. The molecule has 0 saturated carbocycles. The van der Waals surface area contributed by atoms with Crippen molar-refractivity contribution >= 4 is 28.3 Å². The summed E-state index contributed by atoms with van der Waals surface area (Å²) < 4.78 is 1.72. The lowest BCUT2D eigenvalue weighted by Gasteiger charge is -2.05. The van der Waals surface area contributed by atoms with E-state index in [0.29, 0.717) is 28.1 Å². The van der Waals surface area contributed by atoms with Crippen LogP contribution in [0.15, 0.2) is 72.2 Å². The van der Waals surface area contributed by atoms with Gasteiger partial charge < -0.3 is 0 Å². The molecule has 138 valence electrons. The van der Waals surface area contributed by atoms with Gasteiger partial charge in [-0.15, -0.1) is 0 Å². The van der Waals surface area contributed by atoms with E-state index in [2.05, 4.69) is 25.6 Å². The molecule has 0 aliphatic carbocycles. The summed E-state index contributed by atoms with van der Waals surface area (Å²) in [4.78, 5) is 19.1. The number of nitro groups is 1. The molecule has 9 heteroatoms.